The Morgan fingerprint density at radius 2 is 1.94 bits per heavy atom. The van der Waals surface area contributed by atoms with Crippen molar-refractivity contribution in [3.63, 3.8) is 0 Å². The Morgan fingerprint density at radius 1 is 1.16 bits per heavy atom. The fourth-order valence-corrected chi connectivity index (χ4v) is 3.74. The van der Waals surface area contributed by atoms with E-state index in [4.69, 9.17) is 9.47 Å². The average molecular weight is 422 g/mol. The van der Waals surface area contributed by atoms with E-state index in [0.29, 0.717) is 40.5 Å². The molecule has 0 amide bonds. The number of guanidine groups is 1. The van der Waals surface area contributed by atoms with Gasteiger partial charge in [-0.25, -0.2) is 4.99 Å². The number of anilines is 1. The number of rotatable bonds is 6. The zero-order valence-electron chi connectivity index (χ0n) is 18.1. The summed E-state index contributed by atoms with van der Waals surface area (Å²) in [5.74, 6) is 2.35. The Hall–Kier alpha value is -3.75. The number of aliphatic imine (C=N–C) groups is 1. The Balaban J connectivity index is 1.64. The van der Waals surface area contributed by atoms with Gasteiger partial charge >= 0.3 is 0 Å². The summed E-state index contributed by atoms with van der Waals surface area (Å²) in [6.07, 6.45) is 0. The van der Waals surface area contributed by atoms with Crippen molar-refractivity contribution in [3.05, 3.63) is 51.8 Å². The number of aryl methyl sites for hydroxylation is 1. The lowest BCUT2D eigenvalue weighted by Gasteiger charge is -2.19. The first-order chi connectivity index (χ1) is 15.0. The van der Waals surface area contributed by atoms with Crippen molar-refractivity contribution >= 4 is 28.5 Å². The minimum absolute atomic E-state index is 0.312. The number of ether oxygens (including phenoxy) is 2. The summed E-state index contributed by atoms with van der Waals surface area (Å²) in [6, 6.07) is 9.72. The van der Waals surface area contributed by atoms with Gasteiger partial charge in [0.1, 0.15) is 0 Å². The molecule has 0 unspecified atom stereocenters. The standard InChI is InChI=1S/C22H26N6O3/c1-13-18-16(11-17(30-3)19(13)31-4)26-22(27-20(18)29)28(2)12-14-6-5-7-15(10-14)25-21-23-8-9-24-21/h5-7,10-11H,8-9,12H2,1-4H3,(H2,23,24,25)(H,26,27,29). The van der Waals surface area contributed by atoms with E-state index in [-0.39, 0.29) is 5.56 Å². The molecule has 2 heterocycles. The lowest BCUT2D eigenvalue weighted by Crippen LogP contribution is -2.23. The summed E-state index contributed by atoms with van der Waals surface area (Å²) in [6.45, 7) is 4.13. The van der Waals surface area contributed by atoms with E-state index in [1.807, 2.05) is 43.1 Å². The fraction of sp³-hybridized carbons (Fsp3) is 0.318. The molecule has 0 atom stereocenters. The number of hydrogen-bond donors (Lipinski definition) is 3. The van der Waals surface area contributed by atoms with Crippen LogP contribution in [-0.4, -0.2) is 50.3 Å². The van der Waals surface area contributed by atoms with Crippen LogP contribution in [-0.2, 0) is 6.54 Å². The van der Waals surface area contributed by atoms with Gasteiger partial charge in [0.2, 0.25) is 5.95 Å². The molecular weight excluding hydrogens is 396 g/mol. The van der Waals surface area contributed by atoms with Gasteiger partial charge < -0.3 is 30.0 Å². The molecule has 9 heteroatoms. The molecule has 0 bridgehead atoms. The van der Waals surface area contributed by atoms with Crippen molar-refractivity contribution < 1.29 is 9.47 Å². The van der Waals surface area contributed by atoms with Crippen LogP contribution >= 0.6 is 0 Å². The van der Waals surface area contributed by atoms with Gasteiger partial charge in [-0.2, -0.15) is 4.98 Å². The Bertz CT molecular complexity index is 1200. The van der Waals surface area contributed by atoms with Crippen LogP contribution in [0.2, 0.25) is 0 Å². The predicted octanol–water partition coefficient (Wildman–Crippen LogP) is 2.07. The summed E-state index contributed by atoms with van der Waals surface area (Å²) in [7, 11) is 5.01. The molecule has 4 rings (SSSR count). The van der Waals surface area contributed by atoms with Crippen LogP contribution in [0.1, 0.15) is 11.1 Å². The SMILES string of the molecule is COc1cc2[nH]c(N(C)Cc3cccc(N=C4NCCN4)c3)nc(=O)c2c(C)c1OC. The quantitative estimate of drug-likeness (QED) is 0.559. The van der Waals surface area contributed by atoms with Crippen LogP contribution in [0.25, 0.3) is 10.9 Å². The molecule has 0 radical (unpaired) electrons. The van der Waals surface area contributed by atoms with Crippen LogP contribution in [0.3, 0.4) is 0 Å². The molecule has 0 aliphatic carbocycles. The second kappa shape index (κ2) is 8.55. The van der Waals surface area contributed by atoms with Crippen molar-refractivity contribution in [2.45, 2.75) is 13.5 Å². The first-order valence-corrected chi connectivity index (χ1v) is 10.0. The third-order valence-corrected chi connectivity index (χ3v) is 5.22. The lowest BCUT2D eigenvalue weighted by molar-refractivity contribution is 0.354. The summed E-state index contributed by atoms with van der Waals surface area (Å²) in [4.78, 5) is 26.8. The zero-order valence-corrected chi connectivity index (χ0v) is 18.1. The van der Waals surface area contributed by atoms with Crippen molar-refractivity contribution in [1.29, 1.82) is 0 Å². The molecule has 1 aromatic heterocycles. The molecule has 3 N–H and O–H groups in total. The Kier molecular flexibility index (Phi) is 5.66. The smallest absolute Gasteiger partial charge is 0.282 e. The van der Waals surface area contributed by atoms with Gasteiger partial charge in [0.05, 0.1) is 30.8 Å². The molecule has 1 saturated heterocycles. The number of nitrogens with one attached hydrogen (secondary N) is 3. The highest BCUT2D eigenvalue weighted by Gasteiger charge is 2.17. The number of aromatic amines is 1. The van der Waals surface area contributed by atoms with E-state index in [1.54, 1.807) is 20.3 Å². The summed E-state index contributed by atoms with van der Waals surface area (Å²) >= 11 is 0. The average Bonchev–Trinajstić information content (AvgIpc) is 3.26. The number of fused-ring (bicyclic) bond motifs is 1. The van der Waals surface area contributed by atoms with E-state index < -0.39 is 0 Å². The highest BCUT2D eigenvalue weighted by Crippen LogP contribution is 2.35. The molecule has 31 heavy (non-hydrogen) atoms. The van der Waals surface area contributed by atoms with Crippen molar-refractivity contribution in [2.75, 3.05) is 39.3 Å². The number of methoxy groups -OCH3 is 2. The maximum atomic E-state index is 12.8. The largest absolute Gasteiger partial charge is 0.493 e. The molecule has 0 spiro atoms. The third-order valence-electron chi connectivity index (χ3n) is 5.22. The van der Waals surface area contributed by atoms with Crippen molar-refractivity contribution in [2.24, 2.45) is 4.99 Å². The third kappa shape index (κ3) is 4.11. The van der Waals surface area contributed by atoms with Gasteiger partial charge in [-0.1, -0.05) is 12.1 Å². The zero-order chi connectivity index (χ0) is 22.0. The number of hydrogen-bond acceptors (Lipinski definition) is 6. The first-order valence-electron chi connectivity index (χ1n) is 10.0. The molecule has 3 aromatic rings. The lowest BCUT2D eigenvalue weighted by atomic mass is 10.1. The van der Waals surface area contributed by atoms with E-state index in [9.17, 15) is 4.79 Å². The fourth-order valence-electron chi connectivity index (χ4n) is 3.74. The van der Waals surface area contributed by atoms with Crippen LogP contribution in [0, 0.1) is 6.92 Å². The number of benzene rings is 2. The molecule has 162 valence electrons. The number of H-pyrrole nitrogens is 1. The van der Waals surface area contributed by atoms with Crippen LogP contribution < -0.4 is 30.6 Å². The summed E-state index contributed by atoms with van der Waals surface area (Å²) < 4.78 is 10.8. The van der Waals surface area contributed by atoms with Gasteiger partial charge in [0, 0.05) is 38.3 Å². The van der Waals surface area contributed by atoms with Crippen LogP contribution in [0.5, 0.6) is 11.5 Å². The maximum absolute atomic E-state index is 12.8. The van der Waals surface area contributed by atoms with E-state index in [2.05, 4.69) is 25.6 Å². The minimum atomic E-state index is -0.312. The second-order valence-electron chi connectivity index (χ2n) is 7.37. The molecule has 1 aliphatic rings. The Morgan fingerprint density at radius 3 is 2.65 bits per heavy atom. The van der Waals surface area contributed by atoms with Crippen molar-refractivity contribution in [1.82, 2.24) is 20.6 Å². The maximum Gasteiger partial charge on any atom is 0.282 e. The Labute approximate surface area is 180 Å². The highest BCUT2D eigenvalue weighted by atomic mass is 16.5. The molecule has 9 nitrogen and oxygen atoms in total. The van der Waals surface area contributed by atoms with Gasteiger partial charge in [-0.15, -0.1) is 0 Å². The molecule has 1 fully saturated rings. The minimum Gasteiger partial charge on any atom is -0.493 e. The normalized spacial score (nSPS) is 13.0. The molecule has 0 saturated carbocycles. The summed E-state index contributed by atoms with van der Waals surface area (Å²) in [5.41, 5.74) is 2.94. The molecular formula is C22H26N6O3. The van der Waals surface area contributed by atoms with E-state index in [1.165, 1.54) is 0 Å². The number of nitrogens with zero attached hydrogens (tertiary/aromatic N) is 3. The van der Waals surface area contributed by atoms with Crippen LogP contribution in [0.4, 0.5) is 11.6 Å². The van der Waals surface area contributed by atoms with Gasteiger partial charge in [-0.3, -0.25) is 4.79 Å². The predicted molar refractivity (Wildman–Crippen MR) is 122 cm³/mol. The topological polar surface area (TPSA) is 104 Å². The van der Waals surface area contributed by atoms with E-state index in [0.717, 1.165) is 30.3 Å². The van der Waals surface area contributed by atoms with Gasteiger partial charge in [0.15, 0.2) is 17.5 Å². The summed E-state index contributed by atoms with van der Waals surface area (Å²) in [5, 5.41) is 6.88. The number of aromatic nitrogens is 2. The van der Waals surface area contributed by atoms with Gasteiger partial charge in [0.25, 0.3) is 5.56 Å². The van der Waals surface area contributed by atoms with E-state index >= 15 is 0 Å². The van der Waals surface area contributed by atoms with Crippen molar-refractivity contribution in [3.8, 4) is 11.5 Å². The second-order valence-corrected chi connectivity index (χ2v) is 7.37. The molecule has 2 aromatic carbocycles. The highest BCUT2D eigenvalue weighted by molar-refractivity contribution is 5.87. The first kappa shape index (κ1) is 20.5. The monoisotopic (exact) mass is 422 g/mol. The molecule has 1 aliphatic heterocycles. The van der Waals surface area contributed by atoms with Gasteiger partial charge in [-0.05, 0) is 24.6 Å². The van der Waals surface area contributed by atoms with Crippen LogP contribution in [0.15, 0.2) is 40.1 Å².